The number of fused-ring (bicyclic) bond motifs is 3. The molecule has 3 heterocycles. The Labute approximate surface area is 716 Å². The highest BCUT2D eigenvalue weighted by molar-refractivity contribution is 14.0. The second-order valence-electron chi connectivity index (χ2n) is 29.7. The van der Waals surface area contributed by atoms with Crippen molar-refractivity contribution in [3.05, 3.63) is 189 Å². The molecule has 3 atom stereocenters. The maximum atomic E-state index is 13.3. The SMILES string of the molecule is CN1Cc2c(Cl)cc(Cl)cc2[C@H](c2cccc(S(=O)(=O)N(C)CCOCCOCCCC(=O)OC(C)(C)C)c2)C1.CN1Cc2c(Cl)cc(Cl)cc2[C@H](c2cccc(S(=O)(=O)N(C)CCOCCOCCN)c2)C1.CN1Cc2c(Cl)cc(Cl)cc2[C@H](c2cccc(S(=O)(=O)NCCOCCOCCCC(=O)OC(C)(C)C)c2)C1.I. The number of rotatable bonds is 37. The third-order valence-electron chi connectivity index (χ3n) is 18.2. The van der Waals surface area contributed by atoms with Crippen molar-refractivity contribution < 1.29 is 72.7 Å². The molecule has 628 valence electrons. The molecule has 9 rings (SSSR count). The van der Waals surface area contributed by atoms with Crippen LogP contribution in [0.15, 0.2) is 124 Å². The average molecular weight is 1860 g/mol. The minimum atomic E-state index is -3.73. The van der Waals surface area contributed by atoms with Crippen LogP contribution in [0.3, 0.4) is 0 Å². The van der Waals surface area contributed by atoms with Crippen molar-refractivity contribution in [3.63, 3.8) is 0 Å². The van der Waals surface area contributed by atoms with Gasteiger partial charge in [0, 0.05) is 153 Å². The molecule has 6 aromatic carbocycles. The summed E-state index contributed by atoms with van der Waals surface area (Å²) in [5.41, 5.74) is 13.2. The van der Waals surface area contributed by atoms with E-state index in [1.54, 1.807) is 86.9 Å². The normalized spacial score (nSPS) is 16.3. The van der Waals surface area contributed by atoms with E-state index in [1.165, 1.54) is 8.61 Å². The highest BCUT2D eigenvalue weighted by Gasteiger charge is 2.33. The van der Waals surface area contributed by atoms with Gasteiger partial charge < -0.3 is 58.3 Å². The maximum Gasteiger partial charge on any atom is 0.306 e. The van der Waals surface area contributed by atoms with Gasteiger partial charge in [0.05, 0.1) is 80.8 Å². The van der Waals surface area contributed by atoms with E-state index in [9.17, 15) is 34.8 Å². The van der Waals surface area contributed by atoms with E-state index in [-0.39, 0.29) is 108 Å². The second kappa shape index (κ2) is 46.6. The zero-order valence-corrected chi connectivity index (χ0v) is 75.6. The molecule has 113 heavy (non-hydrogen) atoms. The highest BCUT2D eigenvalue weighted by atomic mass is 127. The van der Waals surface area contributed by atoms with Crippen LogP contribution in [0.2, 0.25) is 30.1 Å². The Balaban J connectivity index is 0.000000264. The third-order valence-corrected chi connectivity index (χ3v) is 25.0. The molecule has 0 bridgehead atoms. The summed E-state index contributed by atoms with van der Waals surface area (Å²) in [7, 11) is -1.96. The van der Waals surface area contributed by atoms with E-state index in [2.05, 4.69) is 19.4 Å². The van der Waals surface area contributed by atoms with Gasteiger partial charge in [0.15, 0.2) is 0 Å². The molecule has 0 amide bonds. The van der Waals surface area contributed by atoms with E-state index < -0.39 is 41.3 Å². The smallest absolute Gasteiger partial charge is 0.306 e. The van der Waals surface area contributed by atoms with E-state index >= 15 is 0 Å². The fraction of sp³-hybridized carbons (Fsp3) is 0.525. The van der Waals surface area contributed by atoms with Crippen LogP contribution in [-0.2, 0) is 97.2 Å². The number of ether oxygens (including phenoxy) is 8. The van der Waals surface area contributed by atoms with Crippen LogP contribution < -0.4 is 10.5 Å². The van der Waals surface area contributed by atoms with Gasteiger partial charge in [0.2, 0.25) is 30.1 Å². The first-order valence-corrected chi connectivity index (χ1v) is 43.8. The number of carbonyl (C=O) groups excluding carboxylic acids is 2. The van der Waals surface area contributed by atoms with Crippen LogP contribution in [0.25, 0.3) is 0 Å². The molecular weight excluding hydrogens is 1750 g/mol. The van der Waals surface area contributed by atoms with Gasteiger partial charge in [0.1, 0.15) is 11.2 Å². The Morgan fingerprint density at radius 2 is 0.761 bits per heavy atom. The van der Waals surface area contributed by atoms with E-state index in [1.807, 2.05) is 99.1 Å². The first kappa shape index (κ1) is 97.9. The molecule has 0 aliphatic carbocycles. The lowest BCUT2D eigenvalue weighted by molar-refractivity contribution is -0.156. The molecule has 3 aliphatic rings. The van der Waals surface area contributed by atoms with Gasteiger partial charge in [-0.1, -0.05) is 106 Å². The Kier molecular flexibility index (Phi) is 40.4. The van der Waals surface area contributed by atoms with Gasteiger partial charge in [-0.2, -0.15) is 8.61 Å². The number of halogens is 7. The van der Waals surface area contributed by atoms with Crippen LogP contribution in [0.5, 0.6) is 0 Å². The largest absolute Gasteiger partial charge is 0.460 e. The molecule has 0 spiro atoms. The molecule has 0 radical (unpaired) electrons. The summed E-state index contributed by atoms with van der Waals surface area (Å²) in [4.78, 5) is 30.5. The van der Waals surface area contributed by atoms with Gasteiger partial charge in [0.25, 0.3) is 0 Å². The minimum absolute atomic E-state index is 0. The molecule has 6 aromatic rings. The minimum Gasteiger partial charge on any atom is -0.460 e. The highest BCUT2D eigenvalue weighted by Crippen LogP contribution is 2.43. The quantitative estimate of drug-likeness (QED) is 0.0208. The summed E-state index contributed by atoms with van der Waals surface area (Å²) >= 11 is 38.3. The van der Waals surface area contributed by atoms with Crippen LogP contribution in [-0.4, -0.2) is 232 Å². The second-order valence-corrected chi connectivity index (χ2v) is 38.1. The molecule has 0 saturated heterocycles. The summed E-state index contributed by atoms with van der Waals surface area (Å²) in [6.45, 7) is 20.6. The molecule has 23 nitrogen and oxygen atoms in total. The fourth-order valence-corrected chi connectivity index (χ4v) is 18.1. The van der Waals surface area contributed by atoms with Crippen molar-refractivity contribution >= 4 is 136 Å². The zero-order valence-electron chi connectivity index (χ0n) is 66.3. The first-order chi connectivity index (χ1) is 52.9. The third kappa shape index (κ3) is 31.3. The summed E-state index contributed by atoms with van der Waals surface area (Å²) in [6, 6.07) is 32.1. The van der Waals surface area contributed by atoms with Gasteiger partial charge in [-0.05, 0) is 198 Å². The van der Waals surface area contributed by atoms with Gasteiger partial charge in [-0.15, -0.1) is 24.0 Å². The van der Waals surface area contributed by atoms with Gasteiger partial charge in [-0.3, -0.25) is 9.59 Å². The number of nitrogens with one attached hydrogen (secondary N) is 1. The van der Waals surface area contributed by atoms with Gasteiger partial charge in [-0.25, -0.2) is 30.0 Å². The van der Waals surface area contributed by atoms with Crippen LogP contribution >= 0.6 is 93.6 Å². The first-order valence-electron chi connectivity index (χ1n) is 37.2. The van der Waals surface area contributed by atoms with E-state index in [0.717, 1.165) is 76.3 Å². The predicted molar refractivity (Wildman–Crippen MR) is 458 cm³/mol. The van der Waals surface area contributed by atoms with Crippen molar-refractivity contribution in [2.24, 2.45) is 5.73 Å². The number of sulfonamides is 3. The Hall–Kier alpha value is -3.94. The lowest BCUT2D eigenvalue weighted by Gasteiger charge is -2.33. The predicted octanol–water partition coefficient (Wildman–Crippen LogP) is 14.2. The fourth-order valence-electron chi connectivity index (χ4n) is 12.9. The number of hydrogen-bond acceptors (Lipinski definition) is 20. The number of carbonyl (C=O) groups is 2. The molecule has 0 saturated carbocycles. The molecule has 33 heteroatoms. The topological polar surface area (TPSA) is 265 Å². The standard InChI is InChI=1S/C29H40Cl2N2O6S.C28H38Cl2N2O6S.C23H31Cl2N3O4S.HI/c1-29(2,3)39-28(34)10-7-12-37-14-15-38-13-11-33(5)40(35,36)23-9-6-8-21(16-23)25-19-32(4)20-26-24(25)17-22(30)18-27(26)31;1-28(2,3)38-27(33)9-6-11-36-13-14-37-12-10-31-39(34,35)22-8-5-7-20(15-22)24-18-32(4)19-25-23(24)16-21(29)17-26(25)30;1-27-15-21(20-13-18(24)14-23(25)22(20)16-27)17-4-3-5-19(12-17)33(29,30)28(2)7-9-32-11-10-31-8-6-26;/h6,8-9,16-18,25H,7,10-15,19-20H2,1-5H3;5,7-8,15-17,24,31H,6,9-14,18-19H2,1-4H3;3-5,12-14,21H,6-11,15-16,26H2,1-2H3;1H/t25-;24-;21-;/m000./s1. The molecule has 0 unspecified atom stereocenters. The van der Waals surface area contributed by atoms with Crippen molar-refractivity contribution in [2.45, 2.75) is 131 Å². The molecule has 3 aliphatic heterocycles. The number of esters is 2. The Morgan fingerprint density at radius 3 is 1.10 bits per heavy atom. The average Bonchev–Trinajstić information content (AvgIpc) is 0.780. The molecule has 0 aromatic heterocycles. The molecular formula is C80H110Cl6IN7O16S3. The number of likely N-dealkylation sites (N-methyl/N-ethyl adjacent to an activating group) is 5. The van der Waals surface area contributed by atoms with Gasteiger partial charge >= 0.3 is 11.9 Å². The summed E-state index contributed by atoms with van der Waals surface area (Å²) in [6.07, 6.45) is 1.73. The molecule has 0 fully saturated rings. The van der Waals surface area contributed by atoms with Crippen LogP contribution in [0.4, 0.5) is 0 Å². The van der Waals surface area contributed by atoms with E-state index in [0.29, 0.717) is 135 Å². The lowest BCUT2D eigenvalue weighted by Crippen LogP contribution is -2.32. The Morgan fingerprint density at radius 1 is 0.451 bits per heavy atom. The Bertz CT molecular complexity index is 4430. The number of benzene rings is 6. The van der Waals surface area contributed by atoms with Crippen molar-refractivity contribution in [2.75, 3.05) is 160 Å². The summed E-state index contributed by atoms with van der Waals surface area (Å²) in [5, 5.41) is 3.56. The lowest BCUT2D eigenvalue weighted by atomic mass is 9.85. The van der Waals surface area contributed by atoms with Crippen LogP contribution in [0.1, 0.15) is 135 Å². The van der Waals surface area contributed by atoms with Crippen molar-refractivity contribution in [1.29, 1.82) is 0 Å². The van der Waals surface area contributed by atoms with E-state index in [4.69, 9.17) is 113 Å². The summed E-state index contributed by atoms with van der Waals surface area (Å²) < 4.78 is 127. The number of nitrogens with two attached hydrogens (primary N) is 1. The molecule has 3 N–H and O–H groups in total. The summed E-state index contributed by atoms with van der Waals surface area (Å²) in [5.74, 6) is -0.639. The maximum absolute atomic E-state index is 13.3. The van der Waals surface area contributed by atoms with Crippen molar-refractivity contribution in [1.82, 2.24) is 28.0 Å². The monoisotopic (exact) mass is 1860 g/mol. The number of hydrogen-bond donors (Lipinski definition) is 2. The number of nitrogens with zero attached hydrogens (tertiary/aromatic N) is 5. The van der Waals surface area contributed by atoms with Crippen LogP contribution in [0, 0.1) is 0 Å². The van der Waals surface area contributed by atoms with Crippen molar-refractivity contribution in [3.8, 4) is 0 Å². The zero-order chi connectivity index (χ0) is 82.1.